The molecule has 7 heteroatoms. The van der Waals surface area contributed by atoms with Gasteiger partial charge in [0, 0.05) is 13.6 Å². The summed E-state index contributed by atoms with van der Waals surface area (Å²) < 4.78 is 27.8. The number of likely N-dealkylation sites (tertiary alicyclic amines) is 1. The van der Waals surface area contributed by atoms with Gasteiger partial charge in [0.1, 0.15) is 0 Å². The minimum absolute atomic E-state index is 0.0478. The number of primary amides is 1. The first-order valence-corrected chi connectivity index (χ1v) is 13.9. The van der Waals surface area contributed by atoms with Crippen LogP contribution in [0.4, 0.5) is 0 Å². The lowest BCUT2D eigenvalue weighted by molar-refractivity contribution is -0.125. The molecule has 1 heterocycles. The van der Waals surface area contributed by atoms with E-state index in [4.69, 9.17) is 5.73 Å². The smallest absolute Gasteiger partial charge is 0.242 e. The van der Waals surface area contributed by atoms with Crippen molar-refractivity contribution in [1.82, 2.24) is 9.21 Å². The Morgan fingerprint density at radius 1 is 0.917 bits per heavy atom. The number of sulfonamides is 1. The summed E-state index contributed by atoms with van der Waals surface area (Å²) in [5.74, 6) is -0.213. The second-order valence-corrected chi connectivity index (χ2v) is 11.7. The highest BCUT2D eigenvalue weighted by Crippen LogP contribution is 2.36. The van der Waals surface area contributed by atoms with Gasteiger partial charge in [0.2, 0.25) is 15.9 Å². The molecule has 2 N–H and O–H groups in total. The predicted molar refractivity (Wildman–Crippen MR) is 143 cm³/mol. The largest absolute Gasteiger partial charge is 0.369 e. The summed E-state index contributed by atoms with van der Waals surface area (Å²) >= 11 is 0. The quantitative estimate of drug-likeness (QED) is 0.451. The van der Waals surface area contributed by atoms with Crippen molar-refractivity contribution in [1.29, 1.82) is 0 Å². The Morgan fingerprint density at radius 2 is 1.44 bits per heavy atom. The molecular weight excluding hydrogens is 470 g/mol. The second kappa shape index (κ2) is 11.4. The fourth-order valence-electron chi connectivity index (χ4n) is 5.20. The van der Waals surface area contributed by atoms with Crippen molar-refractivity contribution < 1.29 is 13.2 Å². The maximum Gasteiger partial charge on any atom is 0.242 e. The third kappa shape index (κ3) is 5.69. The Labute approximate surface area is 214 Å². The van der Waals surface area contributed by atoms with Crippen LogP contribution in [0.1, 0.15) is 36.3 Å². The van der Waals surface area contributed by atoms with Gasteiger partial charge in [-0.15, -0.1) is 0 Å². The van der Waals surface area contributed by atoms with Gasteiger partial charge in [-0.25, -0.2) is 12.7 Å². The lowest BCUT2D eigenvalue weighted by Crippen LogP contribution is -2.50. The molecule has 190 valence electrons. The van der Waals surface area contributed by atoms with Crippen molar-refractivity contribution in [3.05, 3.63) is 102 Å². The van der Waals surface area contributed by atoms with Crippen molar-refractivity contribution in [2.45, 2.75) is 35.5 Å². The zero-order valence-electron chi connectivity index (χ0n) is 20.8. The van der Waals surface area contributed by atoms with Gasteiger partial charge in [-0.3, -0.25) is 4.79 Å². The monoisotopic (exact) mass is 505 g/mol. The van der Waals surface area contributed by atoms with Gasteiger partial charge in [0.05, 0.1) is 10.3 Å². The molecule has 6 nitrogen and oxygen atoms in total. The Hall–Kier alpha value is -3.00. The zero-order chi connectivity index (χ0) is 25.6. The molecule has 0 aromatic heterocycles. The first-order valence-electron chi connectivity index (χ1n) is 12.5. The number of likely N-dealkylation sites (N-methyl/N-ethyl adjacent to an activating group) is 1. The van der Waals surface area contributed by atoms with Crippen LogP contribution in [-0.2, 0) is 20.2 Å². The van der Waals surface area contributed by atoms with E-state index in [1.807, 2.05) is 54.6 Å². The summed E-state index contributed by atoms with van der Waals surface area (Å²) in [4.78, 5) is 15.2. The molecule has 1 aliphatic heterocycles. The Morgan fingerprint density at radius 3 is 2.00 bits per heavy atom. The molecule has 1 unspecified atom stereocenters. The number of carbonyl (C=O) groups is 1. The SMILES string of the molecule is CN(CC(CCN1CCC(C(N)=O)(c2ccccc2)CC1)c1ccccc1)S(=O)(=O)c1ccccc1. The van der Waals surface area contributed by atoms with E-state index in [9.17, 15) is 13.2 Å². The minimum atomic E-state index is -3.57. The summed E-state index contributed by atoms with van der Waals surface area (Å²) in [5, 5.41) is 0. The molecule has 36 heavy (non-hydrogen) atoms. The van der Waals surface area contributed by atoms with Crippen molar-refractivity contribution in [3.63, 3.8) is 0 Å². The number of carbonyl (C=O) groups excluding carboxylic acids is 1. The predicted octanol–water partition coefficient (Wildman–Crippen LogP) is 4.00. The van der Waals surface area contributed by atoms with Crippen LogP contribution < -0.4 is 5.73 Å². The molecule has 3 aromatic rings. The molecule has 3 aromatic carbocycles. The summed E-state index contributed by atoms with van der Waals surface area (Å²) in [7, 11) is -1.92. The Kier molecular flexibility index (Phi) is 8.24. The molecule has 1 fully saturated rings. The van der Waals surface area contributed by atoms with Crippen molar-refractivity contribution in [2.75, 3.05) is 33.2 Å². The highest BCUT2D eigenvalue weighted by Gasteiger charge is 2.41. The van der Waals surface area contributed by atoms with Crippen LogP contribution in [0.15, 0.2) is 95.9 Å². The number of hydrogen-bond donors (Lipinski definition) is 1. The molecule has 0 aliphatic carbocycles. The lowest BCUT2D eigenvalue weighted by Gasteiger charge is -2.40. The van der Waals surface area contributed by atoms with Gasteiger partial charge < -0.3 is 10.6 Å². The van der Waals surface area contributed by atoms with E-state index >= 15 is 0 Å². The van der Waals surface area contributed by atoms with Crippen LogP contribution >= 0.6 is 0 Å². The van der Waals surface area contributed by atoms with Crippen LogP contribution in [0.25, 0.3) is 0 Å². The maximum atomic E-state index is 13.1. The highest BCUT2D eigenvalue weighted by molar-refractivity contribution is 7.89. The summed E-state index contributed by atoms with van der Waals surface area (Å²) in [6.07, 6.45) is 2.18. The fraction of sp³-hybridized carbons (Fsp3) is 0.345. The van der Waals surface area contributed by atoms with Crippen molar-refractivity contribution in [3.8, 4) is 0 Å². The lowest BCUT2D eigenvalue weighted by atomic mass is 9.72. The van der Waals surface area contributed by atoms with E-state index in [1.54, 1.807) is 31.3 Å². The number of nitrogens with two attached hydrogens (primary N) is 1. The topological polar surface area (TPSA) is 83.7 Å². The Bertz CT molecular complexity index is 1230. The molecule has 1 saturated heterocycles. The first kappa shape index (κ1) is 26.1. The average molecular weight is 506 g/mol. The maximum absolute atomic E-state index is 13.1. The molecule has 4 rings (SSSR count). The third-order valence-corrected chi connectivity index (χ3v) is 9.34. The van der Waals surface area contributed by atoms with Gasteiger partial charge in [-0.05, 0) is 68.1 Å². The minimum Gasteiger partial charge on any atom is -0.369 e. The van der Waals surface area contributed by atoms with Gasteiger partial charge in [-0.1, -0.05) is 78.9 Å². The van der Waals surface area contributed by atoms with E-state index in [0.29, 0.717) is 24.3 Å². The number of hydrogen-bond acceptors (Lipinski definition) is 4. The molecular formula is C29H35N3O3S. The zero-order valence-corrected chi connectivity index (χ0v) is 21.6. The van der Waals surface area contributed by atoms with Crippen LogP contribution in [0.3, 0.4) is 0 Å². The second-order valence-electron chi connectivity index (χ2n) is 9.65. The van der Waals surface area contributed by atoms with Crippen LogP contribution in [-0.4, -0.2) is 56.8 Å². The van der Waals surface area contributed by atoms with E-state index < -0.39 is 15.4 Å². The number of amides is 1. The molecule has 0 saturated carbocycles. The molecule has 1 atom stereocenters. The van der Waals surface area contributed by atoms with Crippen molar-refractivity contribution >= 4 is 15.9 Å². The van der Waals surface area contributed by atoms with Crippen molar-refractivity contribution in [2.24, 2.45) is 5.73 Å². The average Bonchev–Trinajstić information content (AvgIpc) is 2.92. The van der Waals surface area contributed by atoms with E-state index in [-0.39, 0.29) is 11.8 Å². The molecule has 1 aliphatic rings. The third-order valence-electron chi connectivity index (χ3n) is 7.50. The number of nitrogens with zero attached hydrogens (tertiary/aromatic N) is 2. The van der Waals surface area contributed by atoms with E-state index in [1.165, 1.54) is 4.31 Å². The first-order chi connectivity index (χ1) is 17.3. The summed E-state index contributed by atoms with van der Waals surface area (Å²) in [6, 6.07) is 28.5. The number of benzene rings is 3. The van der Waals surface area contributed by atoms with Crippen LogP contribution in [0.5, 0.6) is 0 Å². The van der Waals surface area contributed by atoms with Gasteiger partial charge in [0.15, 0.2) is 0 Å². The number of piperidine rings is 1. The molecule has 0 radical (unpaired) electrons. The van der Waals surface area contributed by atoms with Gasteiger partial charge in [0.25, 0.3) is 0 Å². The fourth-order valence-corrected chi connectivity index (χ4v) is 6.44. The Balaban J connectivity index is 1.44. The summed E-state index contributed by atoms with van der Waals surface area (Å²) in [6.45, 7) is 2.77. The normalized spacial score (nSPS) is 17.1. The molecule has 0 spiro atoms. The molecule has 0 bridgehead atoms. The summed E-state index contributed by atoms with van der Waals surface area (Å²) in [5.41, 5.74) is 7.40. The standard InChI is InChI=1S/C29H35N3O3S/c1-31(36(34,35)27-15-9-4-10-16-27)23-25(24-11-5-2-6-12-24)17-20-32-21-18-29(19-22-32,28(30)33)26-13-7-3-8-14-26/h2-16,25H,17-23H2,1H3,(H2,30,33). The molecule has 1 amide bonds. The van der Waals surface area contributed by atoms with Gasteiger partial charge >= 0.3 is 0 Å². The van der Waals surface area contributed by atoms with E-state index in [0.717, 1.165) is 37.2 Å². The van der Waals surface area contributed by atoms with Crippen LogP contribution in [0, 0.1) is 0 Å². The van der Waals surface area contributed by atoms with E-state index in [2.05, 4.69) is 17.0 Å². The van der Waals surface area contributed by atoms with Gasteiger partial charge in [-0.2, -0.15) is 0 Å². The highest BCUT2D eigenvalue weighted by atomic mass is 32.2. The van der Waals surface area contributed by atoms with Crippen LogP contribution in [0.2, 0.25) is 0 Å². The number of rotatable bonds is 10.